The number of ether oxygens (including phenoxy) is 1. The average molecular weight is 221 g/mol. The van der Waals surface area contributed by atoms with Crippen molar-refractivity contribution in [3.63, 3.8) is 0 Å². The number of fused-ring (bicyclic) bond motifs is 1. The lowest BCUT2D eigenvalue weighted by atomic mass is 10.1. The summed E-state index contributed by atoms with van der Waals surface area (Å²) in [7, 11) is 0. The molecule has 0 saturated heterocycles. The zero-order valence-corrected chi connectivity index (χ0v) is 9.95. The van der Waals surface area contributed by atoms with Gasteiger partial charge in [-0.1, -0.05) is 26.0 Å². The van der Waals surface area contributed by atoms with Gasteiger partial charge in [-0.15, -0.1) is 0 Å². The van der Waals surface area contributed by atoms with E-state index >= 15 is 0 Å². The molecule has 3 nitrogen and oxygen atoms in total. The highest BCUT2D eigenvalue weighted by molar-refractivity contribution is 5.39. The first-order valence-electron chi connectivity index (χ1n) is 5.85. The van der Waals surface area contributed by atoms with Crippen LogP contribution in [0.3, 0.4) is 0 Å². The van der Waals surface area contributed by atoms with Crippen LogP contribution >= 0.6 is 0 Å². The van der Waals surface area contributed by atoms with Gasteiger partial charge < -0.3 is 9.57 Å². The molecule has 2 rings (SSSR count). The van der Waals surface area contributed by atoms with Crippen LogP contribution in [-0.2, 0) is 17.8 Å². The van der Waals surface area contributed by atoms with Gasteiger partial charge in [0.1, 0.15) is 5.75 Å². The molecule has 1 aliphatic heterocycles. The molecule has 0 amide bonds. The monoisotopic (exact) mass is 221 g/mol. The predicted molar refractivity (Wildman–Crippen MR) is 63.3 cm³/mol. The van der Waals surface area contributed by atoms with Gasteiger partial charge in [0.25, 0.3) is 0 Å². The number of rotatable bonds is 5. The van der Waals surface area contributed by atoms with Crippen LogP contribution in [0.15, 0.2) is 18.2 Å². The number of benzene rings is 1. The van der Waals surface area contributed by atoms with Gasteiger partial charge in [-0.2, -0.15) is 5.48 Å². The van der Waals surface area contributed by atoms with Crippen molar-refractivity contribution in [1.82, 2.24) is 5.48 Å². The molecule has 3 heteroatoms. The van der Waals surface area contributed by atoms with Crippen molar-refractivity contribution in [3.05, 3.63) is 29.3 Å². The van der Waals surface area contributed by atoms with Crippen LogP contribution in [0.25, 0.3) is 0 Å². The molecule has 0 atom stereocenters. The molecule has 1 aromatic rings. The van der Waals surface area contributed by atoms with Crippen molar-refractivity contribution in [1.29, 1.82) is 0 Å². The fourth-order valence-corrected chi connectivity index (χ4v) is 1.71. The maximum atomic E-state index is 5.46. The Morgan fingerprint density at radius 2 is 2.31 bits per heavy atom. The normalized spacial score (nSPS) is 13.9. The van der Waals surface area contributed by atoms with E-state index in [0.717, 1.165) is 31.9 Å². The van der Waals surface area contributed by atoms with Crippen molar-refractivity contribution in [2.75, 3.05) is 13.2 Å². The largest absolute Gasteiger partial charge is 0.493 e. The molecule has 0 fully saturated rings. The quantitative estimate of drug-likeness (QED) is 0.611. The number of hydroxylamine groups is 1. The van der Waals surface area contributed by atoms with E-state index in [1.807, 2.05) is 6.07 Å². The van der Waals surface area contributed by atoms with Crippen molar-refractivity contribution in [2.24, 2.45) is 5.92 Å². The molecule has 1 aromatic carbocycles. The summed E-state index contributed by atoms with van der Waals surface area (Å²) in [6.45, 7) is 6.58. The SMILES string of the molecule is CC(C)CONCc1ccc2c(c1)CCO2. The van der Waals surface area contributed by atoms with Crippen LogP contribution in [0.2, 0.25) is 0 Å². The van der Waals surface area contributed by atoms with Crippen LogP contribution in [0, 0.1) is 5.92 Å². The Hall–Kier alpha value is -1.06. The Labute approximate surface area is 96.7 Å². The minimum atomic E-state index is 0.556. The molecule has 0 saturated carbocycles. The van der Waals surface area contributed by atoms with Gasteiger partial charge in [-0.25, -0.2) is 0 Å². The van der Waals surface area contributed by atoms with Crippen LogP contribution in [-0.4, -0.2) is 13.2 Å². The molecule has 0 bridgehead atoms. The summed E-state index contributed by atoms with van der Waals surface area (Å²) in [5, 5.41) is 0. The number of hydrogen-bond acceptors (Lipinski definition) is 3. The fraction of sp³-hybridized carbons (Fsp3) is 0.538. The molecular formula is C13H19NO2. The average Bonchev–Trinajstić information content (AvgIpc) is 2.71. The molecule has 1 aliphatic rings. The molecule has 0 spiro atoms. The Morgan fingerprint density at radius 3 is 3.12 bits per heavy atom. The van der Waals surface area contributed by atoms with Gasteiger partial charge in [-0.05, 0) is 23.1 Å². The summed E-state index contributed by atoms with van der Waals surface area (Å²) in [5.74, 6) is 1.59. The second-order valence-corrected chi connectivity index (χ2v) is 4.57. The highest BCUT2D eigenvalue weighted by Gasteiger charge is 2.11. The Morgan fingerprint density at radius 1 is 1.44 bits per heavy atom. The molecule has 1 heterocycles. The lowest BCUT2D eigenvalue weighted by Crippen LogP contribution is -2.17. The van der Waals surface area contributed by atoms with Gasteiger partial charge in [0.2, 0.25) is 0 Å². The summed E-state index contributed by atoms with van der Waals surface area (Å²) in [5.41, 5.74) is 5.54. The van der Waals surface area contributed by atoms with Gasteiger partial charge in [-0.3, -0.25) is 0 Å². The molecule has 0 radical (unpaired) electrons. The first kappa shape index (κ1) is 11.4. The third-order valence-electron chi connectivity index (χ3n) is 2.55. The molecule has 88 valence electrons. The zero-order valence-electron chi connectivity index (χ0n) is 9.95. The maximum Gasteiger partial charge on any atom is 0.122 e. The number of hydrogen-bond donors (Lipinski definition) is 1. The summed E-state index contributed by atoms with van der Waals surface area (Å²) < 4.78 is 5.46. The number of nitrogens with one attached hydrogen (secondary N) is 1. The maximum absolute atomic E-state index is 5.46. The van der Waals surface area contributed by atoms with Crippen LogP contribution in [0.5, 0.6) is 5.75 Å². The summed E-state index contributed by atoms with van der Waals surface area (Å²) in [6.07, 6.45) is 1.02. The predicted octanol–water partition coefficient (Wildman–Crippen LogP) is 2.30. The lowest BCUT2D eigenvalue weighted by molar-refractivity contribution is 0.0196. The Balaban J connectivity index is 1.81. The molecule has 0 unspecified atom stereocenters. The van der Waals surface area contributed by atoms with Gasteiger partial charge in [0.15, 0.2) is 0 Å². The van der Waals surface area contributed by atoms with E-state index in [4.69, 9.17) is 9.57 Å². The van der Waals surface area contributed by atoms with Gasteiger partial charge in [0, 0.05) is 13.0 Å². The van der Waals surface area contributed by atoms with E-state index in [1.165, 1.54) is 11.1 Å². The van der Waals surface area contributed by atoms with E-state index in [0.29, 0.717) is 5.92 Å². The smallest absolute Gasteiger partial charge is 0.122 e. The second-order valence-electron chi connectivity index (χ2n) is 4.57. The Bertz CT molecular complexity index is 350. The minimum absolute atomic E-state index is 0.556. The second kappa shape index (κ2) is 5.32. The van der Waals surface area contributed by atoms with Crippen molar-refractivity contribution in [3.8, 4) is 5.75 Å². The molecule has 1 N–H and O–H groups in total. The lowest BCUT2D eigenvalue weighted by Gasteiger charge is -2.08. The molecule has 0 aromatic heterocycles. The standard InChI is InChI=1S/C13H19NO2/c1-10(2)9-16-14-8-11-3-4-13-12(7-11)5-6-15-13/h3-4,7,10,14H,5-6,8-9H2,1-2H3. The molecule has 0 aliphatic carbocycles. The molecule has 16 heavy (non-hydrogen) atoms. The van der Waals surface area contributed by atoms with E-state index in [2.05, 4.69) is 31.5 Å². The third kappa shape index (κ3) is 2.97. The first-order valence-corrected chi connectivity index (χ1v) is 5.85. The van der Waals surface area contributed by atoms with E-state index < -0.39 is 0 Å². The zero-order chi connectivity index (χ0) is 11.4. The highest BCUT2D eigenvalue weighted by atomic mass is 16.6. The summed E-state index contributed by atoms with van der Waals surface area (Å²) >= 11 is 0. The van der Waals surface area contributed by atoms with Crippen molar-refractivity contribution >= 4 is 0 Å². The van der Waals surface area contributed by atoms with Crippen molar-refractivity contribution < 1.29 is 9.57 Å². The van der Waals surface area contributed by atoms with Gasteiger partial charge in [0.05, 0.1) is 13.2 Å². The van der Waals surface area contributed by atoms with Crippen LogP contribution < -0.4 is 10.2 Å². The minimum Gasteiger partial charge on any atom is -0.493 e. The topological polar surface area (TPSA) is 30.5 Å². The summed E-state index contributed by atoms with van der Waals surface area (Å²) in [6, 6.07) is 6.31. The van der Waals surface area contributed by atoms with E-state index in [-0.39, 0.29) is 0 Å². The van der Waals surface area contributed by atoms with E-state index in [9.17, 15) is 0 Å². The molecular weight excluding hydrogens is 202 g/mol. The third-order valence-corrected chi connectivity index (χ3v) is 2.55. The van der Waals surface area contributed by atoms with Gasteiger partial charge >= 0.3 is 0 Å². The first-order chi connectivity index (χ1) is 7.75. The summed E-state index contributed by atoms with van der Waals surface area (Å²) in [4.78, 5) is 5.34. The Kier molecular flexibility index (Phi) is 3.80. The van der Waals surface area contributed by atoms with Crippen molar-refractivity contribution in [2.45, 2.75) is 26.8 Å². The fourth-order valence-electron chi connectivity index (χ4n) is 1.71. The van der Waals surface area contributed by atoms with E-state index in [1.54, 1.807) is 0 Å². The van der Waals surface area contributed by atoms with Crippen LogP contribution in [0.1, 0.15) is 25.0 Å². The van der Waals surface area contributed by atoms with Crippen LogP contribution in [0.4, 0.5) is 0 Å². The highest BCUT2D eigenvalue weighted by Crippen LogP contribution is 2.25.